The van der Waals surface area contributed by atoms with Crippen molar-refractivity contribution in [2.45, 2.75) is 51.0 Å². The Hall–Kier alpha value is -0.310. The van der Waals surface area contributed by atoms with Gasteiger partial charge in [0.1, 0.15) is 0 Å². The first kappa shape index (κ1) is 11.2. The molecule has 0 spiro atoms. The Labute approximate surface area is 100 Å². The van der Waals surface area contributed by atoms with E-state index in [0.29, 0.717) is 6.04 Å². The third-order valence-electron chi connectivity index (χ3n) is 3.20. The molecule has 0 amide bonds. The first-order valence-electron chi connectivity index (χ1n) is 5.99. The molecule has 84 valence electrons. The minimum absolute atomic E-state index is 0.677. The van der Waals surface area contributed by atoms with Gasteiger partial charge in [0.25, 0.3) is 0 Å². The summed E-state index contributed by atoms with van der Waals surface area (Å²) in [4.78, 5) is 0. The summed E-state index contributed by atoms with van der Waals surface area (Å²) in [6.45, 7) is 0. The fourth-order valence-electron chi connectivity index (χ4n) is 2.32. The molecule has 0 bridgehead atoms. The Morgan fingerprint density at radius 2 is 2.13 bits per heavy atom. The van der Waals surface area contributed by atoms with Gasteiger partial charge in [0.2, 0.25) is 0 Å². The van der Waals surface area contributed by atoms with Gasteiger partial charge < -0.3 is 0 Å². The van der Waals surface area contributed by atoms with E-state index >= 15 is 0 Å². The van der Waals surface area contributed by atoms with Crippen LogP contribution in [0.5, 0.6) is 0 Å². The van der Waals surface area contributed by atoms with Gasteiger partial charge in [-0.05, 0) is 31.2 Å². The molecule has 1 aromatic heterocycles. The molecule has 3 heteroatoms. The van der Waals surface area contributed by atoms with Crippen molar-refractivity contribution in [3.05, 3.63) is 18.0 Å². The number of hydrogen-bond acceptors (Lipinski definition) is 1. The van der Waals surface area contributed by atoms with Gasteiger partial charge in [-0.3, -0.25) is 4.68 Å². The zero-order valence-corrected chi connectivity index (χ0v) is 10.7. The molecule has 0 saturated heterocycles. The lowest BCUT2D eigenvalue weighted by Crippen LogP contribution is -2.12. The molecule has 0 aromatic carbocycles. The molecule has 1 aromatic rings. The van der Waals surface area contributed by atoms with Gasteiger partial charge in [0.05, 0.1) is 12.2 Å². The Morgan fingerprint density at radius 1 is 1.33 bits per heavy atom. The second-order valence-corrected chi connectivity index (χ2v) is 5.21. The third-order valence-corrected chi connectivity index (χ3v) is 3.76. The summed E-state index contributed by atoms with van der Waals surface area (Å²) in [5.41, 5.74) is 1.39. The first-order chi connectivity index (χ1) is 7.40. The van der Waals surface area contributed by atoms with Crippen LogP contribution in [-0.4, -0.2) is 15.1 Å². The molecule has 15 heavy (non-hydrogen) atoms. The number of nitrogens with zero attached hydrogens (tertiary/aromatic N) is 2. The molecule has 0 N–H and O–H groups in total. The van der Waals surface area contributed by atoms with E-state index in [1.165, 1.54) is 44.1 Å². The van der Waals surface area contributed by atoms with E-state index in [1.54, 1.807) is 0 Å². The molecule has 2 rings (SSSR count). The number of aromatic nitrogens is 2. The summed E-state index contributed by atoms with van der Waals surface area (Å²) in [6, 6.07) is 0.677. The zero-order valence-electron chi connectivity index (χ0n) is 9.16. The van der Waals surface area contributed by atoms with Gasteiger partial charge in [-0.2, -0.15) is 5.10 Å². The predicted molar refractivity (Wildman–Crippen MR) is 66.5 cm³/mol. The van der Waals surface area contributed by atoms with Gasteiger partial charge in [0.15, 0.2) is 0 Å². The minimum Gasteiger partial charge on any atom is -0.269 e. The highest BCUT2D eigenvalue weighted by atomic mass is 79.9. The molecule has 1 aliphatic rings. The number of aryl methyl sites for hydroxylation is 1. The molecule has 2 nitrogen and oxygen atoms in total. The van der Waals surface area contributed by atoms with Crippen LogP contribution in [0.15, 0.2) is 12.4 Å². The van der Waals surface area contributed by atoms with E-state index in [0.717, 1.165) is 11.8 Å². The molecule has 0 radical (unpaired) electrons. The molecule has 0 aliphatic heterocycles. The number of rotatable bonds is 4. The summed E-state index contributed by atoms with van der Waals surface area (Å²) in [5.74, 6) is 0. The van der Waals surface area contributed by atoms with Crippen molar-refractivity contribution in [3.8, 4) is 0 Å². The van der Waals surface area contributed by atoms with Crippen LogP contribution in [-0.2, 0) is 6.42 Å². The highest BCUT2D eigenvalue weighted by molar-refractivity contribution is 9.09. The van der Waals surface area contributed by atoms with Crippen LogP contribution in [0.3, 0.4) is 0 Å². The van der Waals surface area contributed by atoms with Gasteiger partial charge in [-0.15, -0.1) is 0 Å². The molecule has 1 fully saturated rings. The Balaban J connectivity index is 1.93. The van der Waals surface area contributed by atoms with Crippen molar-refractivity contribution in [1.82, 2.24) is 9.78 Å². The monoisotopic (exact) mass is 270 g/mol. The minimum atomic E-state index is 0.677. The highest BCUT2D eigenvalue weighted by Crippen LogP contribution is 2.27. The van der Waals surface area contributed by atoms with Gasteiger partial charge >= 0.3 is 0 Å². The SMILES string of the molecule is BrCCCc1cnn(C2CCCCC2)c1. The van der Waals surface area contributed by atoms with E-state index in [1.807, 2.05) is 6.20 Å². The van der Waals surface area contributed by atoms with Crippen LogP contribution in [0, 0.1) is 0 Å². The van der Waals surface area contributed by atoms with Crippen molar-refractivity contribution >= 4 is 15.9 Å². The summed E-state index contributed by atoms with van der Waals surface area (Å²) >= 11 is 3.46. The maximum Gasteiger partial charge on any atom is 0.0521 e. The number of hydrogen-bond donors (Lipinski definition) is 0. The Morgan fingerprint density at radius 3 is 2.87 bits per heavy atom. The van der Waals surface area contributed by atoms with Crippen LogP contribution >= 0.6 is 15.9 Å². The van der Waals surface area contributed by atoms with Crippen LogP contribution in [0.2, 0.25) is 0 Å². The quantitative estimate of drug-likeness (QED) is 0.763. The average Bonchev–Trinajstić information content (AvgIpc) is 2.76. The maximum absolute atomic E-state index is 4.49. The highest BCUT2D eigenvalue weighted by Gasteiger charge is 2.15. The number of halogens is 1. The molecular formula is C12H19BrN2. The summed E-state index contributed by atoms with van der Waals surface area (Å²) in [7, 11) is 0. The summed E-state index contributed by atoms with van der Waals surface area (Å²) in [5, 5.41) is 5.58. The Bertz CT molecular complexity index is 290. The first-order valence-corrected chi connectivity index (χ1v) is 7.11. The van der Waals surface area contributed by atoms with E-state index in [4.69, 9.17) is 0 Å². The van der Waals surface area contributed by atoms with Crippen molar-refractivity contribution < 1.29 is 0 Å². The zero-order chi connectivity index (χ0) is 10.5. The lowest BCUT2D eigenvalue weighted by atomic mass is 9.96. The molecule has 0 atom stereocenters. The topological polar surface area (TPSA) is 17.8 Å². The Kier molecular flexibility index (Phi) is 4.24. The van der Waals surface area contributed by atoms with Crippen molar-refractivity contribution in [1.29, 1.82) is 0 Å². The predicted octanol–water partition coefficient (Wildman–Crippen LogP) is 3.72. The van der Waals surface area contributed by atoms with Crippen LogP contribution in [0.1, 0.15) is 50.1 Å². The fourth-order valence-corrected chi connectivity index (χ4v) is 2.60. The lowest BCUT2D eigenvalue weighted by molar-refractivity contribution is 0.329. The van der Waals surface area contributed by atoms with E-state index in [-0.39, 0.29) is 0 Å². The molecule has 1 aliphatic carbocycles. The van der Waals surface area contributed by atoms with Crippen LogP contribution < -0.4 is 0 Å². The van der Waals surface area contributed by atoms with Crippen molar-refractivity contribution in [2.24, 2.45) is 0 Å². The van der Waals surface area contributed by atoms with E-state index < -0.39 is 0 Å². The number of alkyl halides is 1. The second kappa shape index (κ2) is 5.69. The van der Waals surface area contributed by atoms with Crippen LogP contribution in [0.4, 0.5) is 0 Å². The lowest BCUT2D eigenvalue weighted by Gasteiger charge is -2.21. The molecule has 0 unspecified atom stereocenters. The molecule has 1 saturated carbocycles. The van der Waals surface area contributed by atoms with E-state index in [2.05, 4.69) is 31.9 Å². The van der Waals surface area contributed by atoms with Crippen LogP contribution in [0.25, 0.3) is 0 Å². The van der Waals surface area contributed by atoms with Gasteiger partial charge in [0, 0.05) is 11.5 Å². The normalized spacial score (nSPS) is 18.2. The summed E-state index contributed by atoms with van der Waals surface area (Å²) < 4.78 is 2.20. The average molecular weight is 271 g/mol. The van der Waals surface area contributed by atoms with Gasteiger partial charge in [-0.25, -0.2) is 0 Å². The van der Waals surface area contributed by atoms with Crippen molar-refractivity contribution in [2.75, 3.05) is 5.33 Å². The van der Waals surface area contributed by atoms with Gasteiger partial charge in [-0.1, -0.05) is 35.2 Å². The van der Waals surface area contributed by atoms with Crippen molar-refractivity contribution in [3.63, 3.8) is 0 Å². The maximum atomic E-state index is 4.49. The smallest absolute Gasteiger partial charge is 0.0521 e. The molecular weight excluding hydrogens is 252 g/mol. The third kappa shape index (κ3) is 3.07. The molecule has 1 heterocycles. The summed E-state index contributed by atoms with van der Waals surface area (Å²) in [6.07, 6.45) is 13.4. The fraction of sp³-hybridized carbons (Fsp3) is 0.750. The standard InChI is InChI=1S/C12H19BrN2/c13-8-4-5-11-9-14-15(10-11)12-6-2-1-3-7-12/h9-10,12H,1-8H2. The largest absolute Gasteiger partial charge is 0.269 e. The van der Waals surface area contributed by atoms with E-state index in [9.17, 15) is 0 Å². The second-order valence-electron chi connectivity index (χ2n) is 4.41.